The van der Waals surface area contributed by atoms with Crippen LogP contribution in [0.3, 0.4) is 0 Å². The van der Waals surface area contributed by atoms with Crippen molar-refractivity contribution < 1.29 is 9.90 Å². The van der Waals surface area contributed by atoms with Crippen molar-refractivity contribution in [1.29, 1.82) is 0 Å². The quantitative estimate of drug-likeness (QED) is 0.793. The minimum Gasteiger partial charge on any atom is -0.507 e. The summed E-state index contributed by atoms with van der Waals surface area (Å²) in [4.78, 5) is 12.3. The number of carbonyl (C=O) groups excluding carboxylic acids is 1. The van der Waals surface area contributed by atoms with Crippen LogP contribution in [0.1, 0.15) is 27.0 Å². The lowest BCUT2D eigenvalue weighted by Gasteiger charge is -2.20. The maximum atomic E-state index is 12.3. The third kappa shape index (κ3) is 2.76. The molecule has 0 spiro atoms. The number of aromatic hydroxyl groups is 1. The van der Waals surface area contributed by atoms with Gasteiger partial charge in [-0.3, -0.25) is 4.79 Å². The molecular weight excluding hydrogens is 264 g/mol. The van der Waals surface area contributed by atoms with Crippen molar-refractivity contribution in [1.82, 2.24) is 5.32 Å². The predicted molar refractivity (Wildman–Crippen MR) is 82.6 cm³/mol. The fourth-order valence-electron chi connectivity index (χ4n) is 2.65. The molecule has 0 saturated heterocycles. The maximum Gasteiger partial charge on any atom is 0.259 e. The zero-order chi connectivity index (χ0) is 14.8. The first kappa shape index (κ1) is 13.6. The average Bonchev–Trinajstić information content (AvgIpc) is 2.47. The third-order valence-corrected chi connectivity index (χ3v) is 3.79. The van der Waals surface area contributed by atoms with E-state index in [-0.39, 0.29) is 11.7 Å². The van der Waals surface area contributed by atoms with Gasteiger partial charge in [-0.05, 0) is 54.8 Å². The Kier molecular flexibility index (Phi) is 3.62. The number of rotatable bonds is 2. The lowest BCUT2D eigenvalue weighted by molar-refractivity contribution is 0.102. The van der Waals surface area contributed by atoms with Crippen molar-refractivity contribution in [2.75, 3.05) is 11.9 Å². The number of carbonyl (C=O) groups is 1. The number of fused-ring (bicyclic) bond motifs is 1. The number of anilines is 1. The molecule has 21 heavy (non-hydrogen) atoms. The van der Waals surface area contributed by atoms with E-state index in [1.165, 1.54) is 5.56 Å². The molecule has 108 valence electrons. The molecule has 1 aliphatic heterocycles. The lowest BCUT2D eigenvalue weighted by Crippen LogP contribution is -2.25. The summed E-state index contributed by atoms with van der Waals surface area (Å²) >= 11 is 0. The standard InChI is InChI=1S/C17H18N2O2/c1-11-5-6-13(16(20)9-11)17(21)19-15-4-2-3-12-7-8-18-10-14(12)15/h2-6,9,18,20H,7-8,10H2,1H3,(H,19,21). The van der Waals surface area contributed by atoms with Crippen LogP contribution in [0.15, 0.2) is 36.4 Å². The molecule has 4 nitrogen and oxygen atoms in total. The van der Waals surface area contributed by atoms with Crippen LogP contribution in [-0.2, 0) is 13.0 Å². The smallest absolute Gasteiger partial charge is 0.259 e. The van der Waals surface area contributed by atoms with E-state index in [1.807, 2.05) is 25.1 Å². The zero-order valence-corrected chi connectivity index (χ0v) is 11.9. The van der Waals surface area contributed by atoms with E-state index in [0.717, 1.165) is 36.3 Å². The second-order valence-electron chi connectivity index (χ2n) is 5.34. The van der Waals surface area contributed by atoms with Gasteiger partial charge in [0.05, 0.1) is 5.56 Å². The summed E-state index contributed by atoms with van der Waals surface area (Å²) in [6, 6.07) is 11.0. The number of aryl methyl sites for hydroxylation is 1. The van der Waals surface area contributed by atoms with Crippen LogP contribution < -0.4 is 10.6 Å². The second-order valence-corrected chi connectivity index (χ2v) is 5.34. The number of phenolic OH excluding ortho intramolecular Hbond substituents is 1. The van der Waals surface area contributed by atoms with Crippen molar-refractivity contribution in [3.8, 4) is 5.75 Å². The lowest BCUT2D eigenvalue weighted by atomic mass is 9.99. The molecule has 0 radical (unpaired) electrons. The van der Waals surface area contributed by atoms with Gasteiger partial charge < -0.3 is 15.7 Å². The number of phenols is 1. The van der Waals surface area contributed by atoms with Crippen LogP contribution >= 0.6 is 0 Å². The van der Waals surface area contributed by atoms with Crippen LogP contribution in [0.2, 0.25) is 0 Å². The van der Waals surface area contributed by atoms with Gasteiger partial charge in [0.1, 0.15) is 5.75 Å². The van der Waals surface area contributed by atoms with Crippen LogP contribution in [0, 0.1) is 6.92 Å². The van der Waals surface area contributed by atoms with E-state index in [1.54, 1.807) is 12.1 Å². The van der Waals surface area contributed by atoms with Crippen LogP contribution in [-0.4, -0.2) is 17.6 Å². The van der Waals surface area contributed by atoms with Gasteiger partial charge in [0.25, 0.3) is 5.91 Å². The Hall–Kier alpha value is -2.33. The third-order valence-electron chi connectivity index (χ3n) is 3.79. The minimum absolute atomic E-state index is 0.00965. The van der Waals surface area contributed by atoms with Gasteiger partial charge in [0.15, 0.2) is 0 Å². The SMILES string of the molecule is Cc1ccc(C(=O)Nc2cccc3c2CNCC3)c(O)c1. The summed E-state index contributed by atoms with van der Waals surface area (Å²) in [6.45, 7) is 3.59. The van der Waals surface area contributed by atoms with Gasteiger partial charge in [-0.2, -0.15) is 0 Å². The molecule has 0 aromatic heterocycles. The molecule has 0 unspecified atom stereocenters. The average molecular weight is 282 g/mol. The van der Waals surface area contributed by atoms with Crippen molar-refractivity contribution in [2.24, 2.45) is 0 Å². The monoisotopic (exact) mass is 282 g/mol. The van der Waals surface area contributed by atoms with Crippen LogP contribution in [0.4, 0.5) is 5.69 Å². The van der Waals surface area contributed by atoms with E-state index in [0.29, 0.717) is 5.56 Å². The van der Waals surface area contributed by atoms with Crippen LogP contribution in [0.25, 0.3) is 0 Å². The van der Waals surface area contributed by atoms with Crippen molar-refractivity contribution in [3.05, 3.63) is 58.7 Å². The normalized spacial score (nSPS) is 13.6. The van der Waals surface area contributed by atoms with Crippen molar-refractivity contribution >= 4 is 11.6 Å². The van der Waals surface area contributed by atoms with Gasteiger partial charge in [0.2, 0.25) is 0 Å². The molecule has 3 rings (SSSR count). The van der Waals surface area contributed by atoms with E-state index in [9.17, 15) is 9.90 Å². The summed E-state index contributed by atoms with van der Waals surface area (Å²) in [5.74, 6) is -0.276. The number of nitrogens with one attached hydrogen (secondary N) is 2. The second kappa shape index (κ2) is 5.58. The first-order valence-electron chi connectivity index (χ1n) is 7.07. The first-order chi connectivity index (χ1) is 10.1. The number of benzene rings is 2. The Morgan fingerprint density at radius 1 is 1.29 bits per heavy atom. The van der Waals surface area contributed by atoms with Crippen molar-refractivity contribution in [3.63, 3.8) is 0 Å². The molecule has 0 atom stereocenters. The molecule has 0 bridgehead atoms. The molecule has 0 fully saturated rings. The number of hydrogen-bond donors (Lipinski definition) is 3. The Labute approximate surface area is 123 Å². The van der Waals surface area contributed by atoms with Gasteiger partial charge in [-0.15, -0.1) is 0 Å². The summed E-state index contributed by atoms with van der Waals surface area (Å²) in [7, 11) is 0. The summed E-state index contributed by atoms with van der Waals surface area (Å²) in [5, 5.41) is 16.1. The molecule has 2 aromatic rings. The van der Waals surface area contributed by atoms with E-state index in [4.69, 9.17) is 0 Å². The van der Waals surface area contributed by atoms with Gasteiger partial charge in [-0.1, -0.05) is 18.2 Å². The highest BCUT2D eigenvalue weighted by Crippen LogP contribution is 2.25. The fraction of sp³-hybridized carbons (Fsp3) is 0.235. The summed E-state index contributed by atoms with van der Waals surface area (Å²) in [5.41, 5.74) is 4.42. The maximum absolute atomic E-state index is 12.3. The first-order valence-corrected chi connectivity index (χ1v) is 7.07. The molecule has 1 aliphatic rings. The molecule has 1 heterocycles. The van der Waals surface area contributed by atoms with Gasteiger partial charge in [0, 0.05) is 12.2 Å². The predicted octanol–water partition coefficient (Wildman–Crippen LogP) is 2.60. The largest absolute Gasteiger partial charge is 0.507 e. The Morgan fingerprint density at radius 3 is 2.95 bits per heavy atom. The van der Waals surface area contributed by atoms with Gasteiger partial charge >= 0.3 is 0 Å². The van der Waals surface area contributed by atoms with Crippen molar-refractivity contribution in [2.45, 2.75) is 19.9 Å². The molecule has 0 saturated carbocycles. The molecule has 0 aliphatic carbocycles. The molecule has 2 aromatic carbocycles. The number of hydrogen-bond acceptors (Lipinski definition) is 3. The molecule has 1 amide bonds. The zero-order valence-electron chi connectivity index (χ0n) is 11.9. The van der Waals surface area contributed by atoms with Crippen LogP contribution in [0.5, 0.6) is 5.75 Å². The number of amides is 1. The fourth-order valence-corrected chi connectivity index (χ4v) is 2.65. The highest BCUT2D eigenvalue weighted by Gasteiger charge is 2.16. The van der Waals surface area contributed by atoms with Gasteiger partial charge in [-0.25, -0.2) is 0 Å². The Morgan fingerprint density at radius 2 is 2.14 bits per heavy atom. The highest BCUT2D eigenvalue weighted by molar-refractivity contribution is 6.06. The Balaban J connectivity index is 1.88. The molecule has 4 heteroatoms. The van der Waals surface area contributed by atoms with E-state index >= 15 is 0 Å². The minimum atomic E-state index is -0.286. The molecular formula is C17H18N2O2. The van der Waals surface area contributed by atoms with E-state index < -0.39 is 0 Å². The molecule has 3 N–H and O–H groups in total. The summed E-state index contributed by atoms with van der Waals surface area (Å²) < 4.78 is 0. The van der Waals surface area contributed by atoms with E-state index in [2.05, 4.69) is 16.7 Å². The topological polar surface area (TPSA) is 61.4 Å². The highest BCUT2D eigenvalue weighted by atomic mass is 16.3. The Bertz CT molecular complexity index is 695. The summed E-state index contributed by atoms with van der Waals surface area (Å²) in [6.07, 6.45) is 0.967.